The summed E-state index contributed by atoms with van der Waals surface area (Å²) in [5.74, 6) is -1.17. The molecule has 0 saturated heterocycles. The van der Waals surface area contributed by atoms with Crippen LogP contribution in [0.4, 0.5) is 26.2 Å². The summed E-state index contributed by atoms with van der Waals surface area (Å²) in [6.07, 6.45) is 0.348. The molecule has 202 valence electrons. The van der Waals surface area contributed by atoms with Crippen LogP contribution in [0, 0.1) is 18.6 Å². The summed E-state index contributed by atoms with van der Waals surface area (Å²) < 4.78 is 29.6. The summed E-state index contributed by atoms with van der Waals surface area (Å²) in [6.45, 7) is 7.08. The molecule has 1 heterocycles. The number of nitrogens with two attached hydrogens (primary N) is 1. The van der Waals surface area contributed by atoms with Crippen LogP contribution in [0.25, 0.3) is 11.3 Å². The molecule has 0 bridgehead atoms. The number of carbonyl (C=O) groups excluding carboxylic acids is 1. The lowest BCUT2D eigenvalue weighted by Crippen LogP contribution is -2.25. The van der Waals surface area contributed by atoms with E-state index >= 15 is 0 Å². The van der Waals surface area contributed by atoms with Gasteiger partial charge < -0.3 is 21.7 Å². The normalized spacial score (nSPS) is 11.6. The standard InChI is InChI=1S/C27H34F2N8O/c1-16(2)34-25(30)18-10-9-17(3)19(13-18)23-20(14-32-5)26(36-27(35-23)33-12-11-31-4)37(15-38)24-21(28)7-6-8-22(24)29/h6-10,13,15-16,31-32H,11-12,14H2,1-5H3,(H2,30,34)(H,33,35,36). The predicted molar refractivity (Wildman–Crippen MR) is 148 cm³/mol. The monoisotopic (exact) mass is 524 g/mol. The molecular weight excluding hydrogens is 490 g/mol. The number of aromatic nitrogens is 2. The Morgan fingerprint density at radius 3 is 2.42 bits per heavy atom. The van der Waals surface area contributed by atoms with Crippen LogP contribution < -0.4 is 26.6 Å². The molecule has 1 amide bonds. The number of carbonyl (C=O) groups is 1. The zero-order chi connectivity index (χ0) is 27.8. The van der Waals surface area contributed by atoms with E-state index in [0.29, 0.717) is 42.2 Å². The van der Waals surface area contributed by atoms with Crippen molar-refractivity contribution in [3.63, 3.8) is 0 Å². The van der Waals surface area contributed by atoms with Crippen LogP contribution in [0.5, 0.6) is 0 Å². The van der Waals surface area contributed by atoms with Crippen molar-refractivity contribution in [3.05, 3.63) is 64.7 Å². The van der Waals surface area contributed by atoms with Gasteiger partial charge in [-0.2, -0.15) is 4.98 Å². The average molecular weight is 525 g/mol. The molecule has 1 aromatic heterocycles. The fourth-order valence-electron chi connectivity index (χ4n) is 3.93. The van der Waals surface area contributed by atoms with Crippen LogP contribution in [-0.2, 0) is 11.3 Å². The van der Waals surface area contributed by atoms with E-state index in [9.17, 15) is 13.6 Å². The van der Waals surface area contributed by atoms with Crippen LogP contribution in [0.15, 0.2) is 41.4 Å². The quantitative estimate of drug-likeness (QED) is 0.124. The van der Waals surface area contributed by atoms with E-state index in [1.165, 1.54) is 6.07 Å². The van der Waals surface area contributed by atoms with Crippen molar-refractivity contribution < 1.29 is 13.6 Å². The summed E-state index contributed by atoms with van der Waals surface area (Å²) in [7, 11) is 3.53. The van der Waals surface area contributed by atoms with Gasteiger partial charge in [0.2, 0.25) is 12.4 Å². The van der Waals surface area contributed by atoms with Crippen LogP contribution in [0.1, 0.15) is 30.5 Å². The molecule has 0 aliphatic carbocycles. The van der Waals surface area contributed by atoms with Gasteiger partial charge in [0, 0.05) is 42.4 Å². The lowest BCUT2D eigenvalue weighted by Gasteiger charge is -2.24. The average Bonchev–Trinajstić information content (AvgIpc) is 2.87. The zero-order valence-electron chi connectivity index (χ0n) is 22.3. The van der Waals surface area contributed by atoms with E-state index in [2.05, 4.69) is 25.9 Å². The molecule has 0 aliphatic rings. The van der Waals surface area contributed by atoms with Crippen molar-refractivity contribution in [3.8, 4) is 11.3 Å². The highest BCUT2D eigenvalue weighted by Gasteiger charge is 2.26. The van der Waals surface area contributed by atoms with Crippen LogP contribution in [-0.4, -0.2) is 55.4 Å². The number of likely N-dealkylation sites (N-methyl/N-ethyl adjacent to an activating group) is 1. The number of nitrogens with one attached hydrogen (secondary N) is 3. The molecular formula is C27H34F2N8O. The molecule has 0 saturated carbocycles. The van der Waals surface area contributed by atoms with Crippen molar-refractivity contribution in [2.75, 3.05) is 37.4 Å². The molecule has 0 spiro atoms. The predicted octanol–water partition coefficient (Wildman–Crippen LogP) is 3.49. The molecule has 11 heteroatoms. The first-order chi connectivity index (χ1) is 18.2. The molecule has 0 fully saturated rings. The second kappa shape index (κ2) is 13.0. The zero-order valence-corrected chi connectivity index (χ0v) is 22.3. The van der Waals surface area contributed by atoms with Crippen molar-refractivity contribution in [1.82, 2.24) is 20.6 Å². The number of hydrogen-bond donors (Lipinski definition) is 4. The maximum absolute atomic E-state index is 14.8. The Bertz CT molecular complexity index is 1290. The van der Waals surface area contributed by atoms with E-state index < -0.39 is 17.3 Å². The van der Waals surface area contributed by atoms with E-state index in [0.717, 1.165) is 28.2 Å². The SMILES string of the molecule is CNCCNc1nc(-c2cc(C(N)=NC(C)C)ccc2C)c(CNC)c(N(C=O)c2c(F)cccc2F)n1. The molecule has 2 aromatic carbocycles. The second-order valence-electron chi connectivity index (χ2n) is 8.94. The number of aliphatic imine (C=N–C) groups is 1. The Hall–Kier alpha value is -3.96. The van der Waals surface area contributed by atoms with Crippen LogP contribution >= 0.6 is 0 Å². The van der Waals surface area contributed by atoms with Gasteiger partial charge in [0.25, 0.3) is 0 Å². The molecule has 5 N–H and O–H groups in total. The molecule has 0 radical (unpaired) electrons. The van der Waals surface area contributed by atoms with Gasteiger partial charge in [-0.25, -0.2) is 13.8 Å². The minimum atomic E-state index is -0.895. The largest absolute Gasteiger partial charge is 0.383 e. The third kappa shape index (κ3) is 6.48. The number of halogens is 2. The molecule has 9 nitrogen and oxygen atoms in total. The van der Waals surface area contributed by atoms with Gasteiger partial charge in [0.05, 0.1) is 5.69 Å². The maximum Gasteiger partial charge on any atom is 0.225 e. The third-order valence-electron chi connectivity index (χ3n) is 5.69. The number of anilines is 3. The van der Waals surface area contributed by atoms with Crippen LogP contribution in [0.2, 0.25) is 0 Å². The molecule has 0 atom stereocenters. The van der Waals surface area contributed by atoms with Crippen molar-refractivity contribution in [1.29, 1.82) is 0 Å². The first-order valence-electron chi connectivity index (χ1n) is 12.3. The van der Waals surface area contributed by atoms with Gasteiger partial charge in [0.1, 0.15) is 23.2 Å². The highest BCUT2D eigenvalue weighted by molar-refractivity contribution is 5.99. The number of amides is 1. The lowest BCUT2D eigenvalue weighted by atomic mass is 9.98. The van der Waals surface area contributed by atoms with E-state index in [1.807, 2.05) is 46.0 Å². The summed E-state index contributed by atoms with van der Waals surface area (Å²) in [5.41, 5.74) is 8.99. The number of hydrogen-bond acceptors (Lipinski definition) is 7. The first-order valence-corrected chi connectivity index (χ1v) is 12.3. The number of aryl methyl sites for hydroxylation is 1. The Morgan fingerprint density at radius 1 is 1.11 bits per heavy atom. The van der Waals surface area contributed by atoms with E-state index in [-0.39, 0.29) is 24.4 Å². The van der Waals surface area contributed by atoms with Crippen molar-refractivity contribution in [2.45, 2.75) is 33.4 Å². The summed E-state index contributed by atoms with van der Waals surface area (Å²) in [6, 6.07) is 9.06. The van der Waals surface area contributed by atoms with Crippen molar-refractivity contribution in [2.24, 2.45) is 10.7 Å². The molecule has 0 unspecified atom stereocenters. The minimum Gasteiger partial charge on any atom is -0.383 e. The van der Waals surface area contributed by atoms with Gasteiger partial charge in [0.15, 0.2) is 5.82 Å². The van der Waals surface area contributed by atoms with Gasteiger partial charge >= 0.3 is 0 Å². The third-order valence-corrected chi connectivity index (χ3v) is 5.69. The fourth-order valence-corrected chi connectivity index (χ4v) is 3.93. The molecule has 38 heavy (non-hydrogen) atoms. The number of nitrogens with zero attached hydrogens (tertiary/aromatic N) is 4. The smallest absolute Gasteiger partial charge is 0.225 e. The topological polar surface area (TPSA) is 121 Å². The van der Waals surface area contributed by atoms with E-state index in [1.54, 1.807) is 7.05 Å². The number of rotatable bonds is 12. The Morgan fingerprint density at radius 2 is 1.82 bits per heavy atom. The van der Waals surface area contributed by atoms with Gasteiger partial charge in [-0.1, -0.05) is 18.2 Å². The number of amidine groups is 1. The summed E-state index contributed by atoms with van der Waals surface area (Å²) >= 11 is 0. The Balaban J connectivity index is 2.34. The van der Waals surface area contributed by atoms with Gasteiger partial charge in [-0.3, -0.25) is 14.7 Å². The first kappa shape index (κ1) is 28.6. The maximum atomic E-state index is 14.8. The number of benzene rings is 2. The second-order valence-corrected chi connectivity index (χ2v) is 8.94. The highest BCUT2D eigenvalue weighted by Crippen LogP contribution is 2.36. The molecule has 3 rings (SSSR count). The summed E-state index contributed by atoms with van der Waals surface area (Å²) in [5, 5.41) is 9.21. The summed E-state index contributed by atoms with van der Waals surface area (Å²) in [4.78, 5) is 27.0. The Kier molecular flexibility index (Phi) is 9.80. The van der Waals surface area contributed by atoms with E-state index in [4.69, 9.17) is 10.7 Å². The Labute approximate surface area is 221 Å². The fraction of sp³-hybridized carbons (Fsp3) is 0.333. The highest BCUT2D eigenvalue weighted by atomic mass is 19.1. The molecule has 3 aromatic rings. The lowest BCUT2D eigenvalue weighted by molar-refractivity contribution is -0.106. The van der Waals surface area contributed by atoms with Crippen molar-refractivity contribution >= 4 is 29.7 Å². The van der Waals surface area contributed by atoms with Crippen LogP contribution in [0.3, 0.4) is 0 Å². The number of para-hydroxylation sites is 1. The van der Waals surface area contributed by atoms with Gasteiger partial charge in [-0.15, -0.1) is 0 Å². The molecule has 0 aliphatic heterocycles. The van der Waals surface area contributed by atoms with Gasteiger partial charge in [-0.05, 0) is 58.6 Å². The minimum absolute atomic E-state index is 0.00468.